The van der Waals surface area contributed by atoms with Gasteiger partial charge in [-0.3, -0.25) is 9.59 Å². The smallest absolute Gasteiger partial charge is 0.251 e. The highest BCUT2D eigenvalue weighted by molar-refractivity contribution is 5.96. The molecule has 210 valence electrons. The van der Waals surface area contributed by atoms with Gasteiger partial charge >= 0.3 is 0 Å². The zero-order valence-electron chi connectivity index (χ0n) is 24.4. The summed E-state index contributed by atoms with van der Waals surface area (Å²) in [4.78, 5) is 23.0. The summed E-state index contributed by atoms with van der Waals surface area (Å²) in [5, 5.41) is 5.28. The highest BCUT2D eigenvalue weighted by atomic mass is 16.5. The minimum atomic E-state index is -0.222. The van der Waals surface area contributed by atoms with Gasteiger partial charge in [0.25, 0.3) is 5.91 Å². The molecule has 4 aromatic carbocycles. The number of carbonyl (C=O) groups is 2. The van der Waals surface area contributed by atoms with Crippen LogP contribution in [-0.4, -0.2) is 32.0 Å². The first-order valence-electron chi connectivity index (χ1n) is 13.6. The van der Waals surface area contributed by atoms with Gasteiger partial charge < -0.3 is 15.4 Å². The molecule has 0 heterocycles. The standard InChI is InChI=1S/C14H14.C13H18N2O2.C8H10O/c1-12-7-9-14(10-8-12)11-13-5-3-2-4-6-13;1-3-7-14-12(16)9-15-13(17)11-6-4-5-10(2)8-11;1-7-3-5-8(9-2)6-4-7/h2-10H,11H2,1H3;4-6,8H,3,7,9H2,1-2H3,(H,14,16)(H,15,17);3-6H,1-2H3. The summed E-state index contributed by atoms with van der Waals surface area (Å²) in [6, 6.07) is 34.5. The summed E-state index contributed by atoms with van der Waals surface area (Å²) in [6.07, 6.45) is 1.92. The molecule has 0 aliphatic carbocycles. The van der Waals surface area contributed by atoms with Crippen molar-refractivity contribution in [2.24, 2.45) is 0 Å². The van der Waals surface area contributed by atoms with Crippen LogP contribution in [-0.2, 0) is 11.2 Å². The van der Waals surface area contributed by atoms with Crippen molar-refractivity contribution in [1.82, 2.24) is 10.6 Å². The Kier molecular flexibility index (Phi) is 14.3. The summed E-state index contributed by atoms with van der Waals surface area (Å²) in [7, 11) is 1.67. The van der Waals surface area contributed by atoms with Crippen LogP contribution in [0.25, 0.3) is 0 Å². The Morgan fingerprint density at radius 1 is 0.675 bits per heavy atom. The van der Waals surface area contributed by atoms with Crippen molar-refractivity contribution in [3.05, 3.63) is 137 Å². The van der Waals surface area contributed by atoms with Gasteiger partial charge in [-0.15, -0.1) is 0 Å². The molecule has 2 N–H and O–H groups in total. The number of methoxy groups -OCH3 is 1. The van der Waals surface area contributed by atoms with Crippen molar-refractivity contribution in [2.45, 2.75) is 40.5 Å². The number of amides is 2. The average Bonchev–Trinajstić information content (AvgIpc) is 2.97. The average molecular weight is 539 g/mol. The Bertz CT molecular complexity index is 1280. The number of hydrogen-bond donors (Lipinski definition) is 2. The first-order valence-corrected chi connectivity index (χ1v) is 13.6. The Hall–Kier alpha value is -4.38. The topological polar surface area (TPSA) is 67.4 Å². The summed E-state index contributed by atoms with van der Waals surface area (Å²) < 4.78 is 4.97. The molecule has 0 radical (unpaired) electrons. The molecule has 0 saturated carbocycles. The normalized spacial score (nSPS) is 9.72. The van der Waals surface area contributed by atoms with Crippen LogP contribution in [0.1, 0.15) is 51.5 Å². The zero-order chi connectivity index (χ0) is 29.2. The second-order valence-electron chi connectivity index (χ2n) is 9.57. The number of benzene rings is 4. The zero-order valence-corrected chi connectivity index (χ0v) is 24.4. The molecule has 0 spiro atoms. The van der Waals surface area contributed by atoms with Crippen LogP contribution in [0.15, 0.2) is 103 Å². The fourth-order valence-electron chi connectivity index (χ4n) is 3.59. The number of ether oxygens (including phenoxy) is 1. The van der Waals surface area contributed by atoms with Crippen molar-refractivity contribution >= 4 is 11.8 Å². The molecule has 0 aromatic heterocycles. The maximum Gasteiger partial charge on any atom is 0.251 e. The van der Waals surface area contributed by atoms with E-state index in [9.17, 15) is 9.59 Å². The highest BCUT2D eigenvalue weighted by Crippen LogP contribution is 2.10. The summed E-state index contributed by atoms with van der Waals surface area (Å²) in [5.74, 6) is 0.536. The fourth-order valence-corrected chi connectivity index (χ4v) is 3.59. The lowest BCUT2D eigenvalue weighted by Crippen LogP contribution is -2.37. The Morgan fingerprint density at radius 2 is 1.27 bits per heavy atom. The lowest BCUT2D eigenvalue weighted by Gasteiger charge is -2.06. The van der Waals surface area contributed by atoms with Crippen molar-refractivity contribution < 1.29 is 14.3 Å². The second-order valence-corrected chi connectivity index (χ2v) is 9.57. The van der Waals surface area contributed by atoms with Crippen LogP contribution in [0.2, 0.25) is 0 Å². The Balaban J connectivity index is 0.000000220. The van der Waals surface area contributed by atoms with Crippen LogP contribution >= 0.6 is 0 Å². The van der Waals surface area contributed by atoms with Crippen LogP contribution < -0.4 is 15.4 Å². The van der Waals surface area contributed by atoms with Crippen LogP contribution in [0.4, 0.5) is 0 Å². The molecule has 4 aromatic rings. The molecule has 5 nitrogen and oxygen atoms in total. The molecule has 0 aliphatic heterocycles. The minimum absolute atomic E-state index is 0.0206. The van der Waals surface area contributed by atoms with Gasteiger partial charge in [0.05, 0.1) is 13.7 Å². The number of aryl methyl sites for hydroxylation is 3. The van der Waals surface area contributed by atoms with E-state index in [0.29, 0.717) is 12.1 Å². The molecule has 0 aliphatic rings. The molecule has 0 atom stereocenters. The maximum absolute atomic E-state index is 11.7. The predicted molar refractivity (Wildman–Crippen MR) is 165 cm³/mol. The number of nitrogens with one attached hydrogen (secondary N) is 2. The SMILES string of the molecule is CCCNC(=O)CNC(=O)c1cccc(C)c1.COc1ccc(C)cc1.Cc1ccc(Cc2ccccc2)cc1. The molecule has 0 saturated heterocycles. The molecular weight excluding hydrogens is 496 g/mol. The quantitative estimate of drug-likeness (QED) is 0.258. The van der Waals surface area contributed by atoms with Gasteiger partial charge in [0, 0.05) is 12.1 Å². The first-order chi connectivity index (χ1) is 19.3. The van der Waals surface area contributed by atoms with E-state index in [1.807, 2.05) is 50.2 Å². The Morgan fingerprint density at radius 3 is 1.85 bits per heavy atom. The molecule has 0 bridgehead atoms. The molecule has 0 unspecified atom stereocenters. The Labute approximate surface area is 239 Å². The molecule has 2 amide bonds. The summed E-state index contributed by atoms with van der Waals surface area (Å²) in [6.45, 7) is 8.73. The minimum Gasteiger partial charge on any atom is -0.497 e. The largest absolute Gasteiger partial charge is 0.497 e. The first kappa shape index (κ1) is 31.8. The van der Waals surface area contributed by atoms with Gasteiger partial charge in [0.15, 0.2) is 0 Å². The van der Waals surface area contributed by atoms with Crippen molar-refractivity contribution in [2.75, 3.05) is 20.2 Å². The van der Waals surface area contributed by atoms with Gasteiger partial charge in [0.1, 0.15) is 5.75 Å². The van der Waals surface area contributed by atoms with Gasteiger partial charge in [0.2, 0.25) is 5.91 Å². The van der Waals surface area contributed by atoms with E-state index < -0.39 is 0 Å². The maximum atomic E-state index is 11.7. The van der Waals surface area contributed by atoms with Crippen molar-refractivity contribution in [3.8, 4) is 5.75 Å². The van der Waals surface area contributed by atoms with Crippen LogP contribution in [0, 0.1) is 20.8 Å². The van der Waals surface area contributed by atoms with Gasteiger partial charge in [-0.1, -0.05) is 102 Å². The van der Waals surface area contributed by atoms with E-state index in [0.717, 1.165) is 24.2 Å². The summed E-state index contributed by atoms with van der Waals surface area (Å²) >= 11 is 0. The van der Waals surface area contributed by atoms with Crippen molar-refractivity contribution in [1.29, 1.82) is 0 Å². The molecule has 40 heavy (non-hydrogen) atoms. The number of hydrogen-bond acceptors (Lipinski definition) is 3. The van der Waals surface area contributed by atoms with Gasteiger partial charge in [-0.05, 0) is 69.0 Å². The third-order valence-corrected chi connectivity index (χ3v) is 5.89. The molecule has 5 heteroatoms. The second kappa shape index (κ2) is 18.0. The number of rotatable bonds is 8. The lowest BCUT2D eigenvalue weighted by molar-refractivity contribution is -0.120. The van der Waals surface area contributed by atoms with Gasteiger partial charge in [-0.2, -0.15) is 0 Å². The molecule has 4 rings (SSSR count). The van der Waals surface area contributed by atoms with E-state index in [4.69, 9.17) is 4.74 Å². The van der Waals surface area contributed by atoms with E-state index in [2.05, 4.69) is 79.1 Å². The van der Waals surface area contributed by atoms with Crippen molar-refractivity contribution in [3.63, 3.8) is 0 Å². The van der Waals surface area contributed by atoms with Crippen LogP contribution in [0.3, 0.4) is 0 Å². The predicted octanol–water partition coefficient (Wildman–Crippen LogP) is 6.84. The molecule has 0 fully saturated rings. The highest BCUT2D eigenvalue weighted by Gasteiger charge is 2.07. The fraction of sp³-hybridized carbons (Fsp3) is 0.257. The van der Waals surface area contributed by atoms with Crippen LogP contribution in [0.5, 0.6) is 5.75 Å². The van der Waals surface area contributed by atoms with E-state index >= 15 is 0 Å². The monoisotopic (exact) mass is 538 g/mol. The van der Waals surface area contributed by atoms with E-state index in [-0.39, 0.29) is 18.4 Å². The van der Waals surface area contributed by atoms with Gasteiger partial charge in [-0.25, -0.2) is 0 Å². The van der Waals surface area contributed by atoms with E-state index in [1.165, 1.54) is 22.3 Å². The number of carbonyl (C=O) groups excluding carboxylic acids is 2. The third-order valence-electron chi connectivity index (χ3n) is 5.89. The molecular formula is C35H42N2O3. The summed E-state index contributed by atoms with van der Waals surface area (Å²) in [5.41, 5.74) is 6.93. The lowest BCUT2D eigenvalue weighted by atomic mass is 10.0. The van der Waals surface area contributed by atoms with E-state index in [1.54, 1.807) is 19.2 Å². The third kappa shape index (κ3) is 12.9.